The second kappa shape index (κ2) is 10.0. The Morgan fingerprint density at radius 1 is 0.970 bits per heavy atom. The Bertz CT molecular complexity index is 1350. The van der Waals surface area contributed by atoms with Gasteiger partial charge in [-0.15, -0.1) is 12.6 Å². The van der Waals surface area contributed by atoms with Gasteiger partial charge in [-0.3, -0.25) is 4.79 Å². The quantitative estimate of drug-likeness (QED) is 0.322. The first-order valence-electron chi connectivity index (χ1n) is 10.2. The lowest BCUT2D eigenvalue weighted by Gasteiger charge is -2.14. The summed E-state index contributed by atoms with van der Waals surface area (Å²) in [6.07, 6.45) is 0.208. The molecule has 4 aromatic rings. The molecule has 0 unspecified atom stereocenters. The smallest absolute Gasteiger partial charge is 0.228 e. The molecule has 4 aromatic carbocycles. The topological polar surface area (TPSA) is 62.1 Å². The Balaban J connectivity index is 1.63. The molecule has 0 aromatic heterocycles. The fourth-order valence-corrected chi connectivity index (χ4v) is 3.49. The molecule has 1 amide bonds. The van der Waals surface area contributed by atoms with Gasteiger partial charge in [-0.1, -0.05) is 30.3 Å². The van der Waals surface area contributed by atoms with Crippen LogP contribution in [0, 0.1) is 17.1 Å². The van der Waals surface area contributed by atoms with E-state index in [0.29, 0.717) is 33.9 Å². The number of carbonyl (C=O) groups excluding carboxylic acids is 1. The van der Waals surface area contributed by atoms with Gasteiger partial charge in [0, 0.05) is 22.2 Å². The first kappa shape index (κ1) is 22.1. The van der Waals surface area contributed by atoms with Crippen LogP contribution in [0.4, 0.5) is 10.1 Å². The van der Waals surface area contributed by atoms with Crippen molar-refractivity contribution in [2.45, 2.75) is 11.3 Å². The van der Waals surface area contributed by atoms with Crippen LogP contribution in [-0.4, -0.2) is 5.91 Å². The first-order chi connectivity index (χ1) is 16.0. The largest absolute Gasteiger partial charge is 0.457 e. The fourth-order valence-electron chi connectivity index (χ4n) is 3.34. The minimum absolute atomic E-state index is 0.183. The molecule has 33 heavy (non-hydrogen) atoms. The van der Waals surface area contributed by atoms with Crippen molar-refractivity contribution in [3.8, 4) is 28.7 Å². The minimum atomic E-state index is -0.366. The van der Waals surface area contributed by atoms with Crippen molar-refractivity contribution < 1.29 is 13.9 Å². The van der Waals surface area contributed by atoms with Crippen LogP contribution in [0.2, 0.25) is 0 Å². The van der Waals surface area contributed by atoms with Gasteiger partial charge < -0.3 is 10.1 Å². The number of nitrogens with zero attached hydrogens (tertiary/aromatic N) is 1. The Labute approximate surface area is 196 Å². The summed E-state index contributed by atoms with van der Waals surface area (Å²) in [7, 11) is 0. The zero-order chi connectivity index (χ0) is 23.2. The maximum Gasteiger partial charge on any atom is 0.228 e. The number of hydrogen-bond donors (Lipinski definition) is 2. The Kier molecular flexibility index (Phi) is 6.72. The van der Waals surface area contributed by atoms with E-state index in [1.54, 1.807) is 54.6 Å². The van der Waals surface area contributed by atoms with Crippen LogP contribution in [0.3, 0.4) is 0 Å². The number of ether oxygens (including phenoxy) is 1. The van der Waals surface area contributed by atoms with Crippen LogP contribution >= 0.6 is 12.6 Å². The number of thiol groups is 1. The lowest BCUT2D eigenvalue weighted by Crippen LogP contribution is -2.14. The fraction of sp³-hybridized carbons (Fsp3) is 0.0370. The molecule has 4 nitrogen and oxygen atoms in total. The highest BCUT2D eigenvalue weighted by molar-refractivity contribution is 7.80. The highest BCUT2D eigenvalue weighted by atomic mass is 32.1. The van der Waals surface area contributed by atoms with E-state index in [1.165, 1.54) is 12.1 Å². The van der Waals surface area contributed by atoms with E-state index in [4.69, 9.17) is 4.74 Å². The van der Waals surface area contributed by atoms with Crippen LogP contribution in [-0.2, 0) is 11.2 Å². The average molecular weight is 455 g/mol. The molecule has 0 saturated carbocycles. The van der Waals surface area contributed by atoms with Crippen molar-refractivity contribution in [1.82, 2.24) is 0 Å². The van der Waals surface area contributed by atoms with Crippen molar-refractivity contribution in [1.29, 1.82) is 5.26 Å². The molecular weight excluding hydrogens is 435 g/mol. The van der Waals surface area contributed by atoms with Gasteiger partial charge in [-0.2, -0.15) is 5.26 Å². The van der Waals surface area contributed by atoms with Gasteiger partial charge in [-0.25, -0.2) is 4.39 Å². The van der Waals surface area contributed by atoms with Crippen LogP contribution in [0.5, 0.6) is 11.5 Å². The van der Waals surface area contributed by atoms with Gasteiger partial charge in [0.1, 0.15) is 17.3 Å². The maximum atomic E-state index is 13.9. The first-order valence-corrected chi connectivity index (χ1v) is 10.6. The summed E-state index contributed by atoms with van der Waals surface area (Å²) in [5, 5.41) is 12.1. The van der Waals surface area contributed by atoms with E-state index in [2.05, 4.69) is 24.0 Å². The standard InChI is InChI=1S/C27H19FN2O2S/c28-21-5-2-4-20(15-21)25-12-9-22(30-27(31)14-18-7-10-24(33)11-8-18)16-26(25)32-23-6-1-3-19(13-23)17-29/h1-13,15-16,33H,14H2,(H,30,31). The molecule has 0 atom stereocenters. The van der Waals surface area contributed by atoms with Crippen molar-refractivity contribution in [3.05, 3.63) is 108 Å². The Morgan fingerprint density at radius 2 is 1.76 bits per heavy atom. The van der Waals surface area contributed by atoms with E-state index in [9.17, 15) is 14.4 Å². The predicted molar refractivity (Wildman–Crippen MR) is 129 cm³/mol. The second-order valence-corrected chi connectivity index (χ2v) is 7.87. The molecule has 4 rings (SSSR count). The summed E-state index contributed by atoms with van der Waals surface area (Å²) in [6.45, 7) is 0. The third-order valence-corrected chi connectivity index (χ3v) is 5.19. The number of nitrogens with one attached hydrogen (secondary N) is 1. The molecule has 0 saturated heterocycles. The number of carbonyl (C=O) groups is 1. The van der Waals surface area contributed by atoms with Gasteiger partial charge in [-0.05, 0) is 65.7 Å². The molecule has 162 valence electrons. The molecule has 0 spiro atoms. The number of halogens is 1. The molecule has 0 aliphatic rings. The molecular formula is C27H19FN2O2S. The average Bonchev–Trinajstić information content (AvgIpc) is 2.81. The van der Waals surface area contributed by atoms with E-state index >= 15 is 0 Å². The number of nitriles is 1. The highest BCUT2D eigenvalue weighted by Crippen LogP contribution is 2.36. The number of rotatable bonds is 6. The summed E-state index contributed by atoms with van der Waals surface area (Å²) < 4.78 is 19.9. The van der Waals surface area contributed by atoms with Crippen molar-refractivity contribution in [2.75, 3.05) is 5.32 Å². The summed E-state index contributed by atoms with van der Waals surface area (Å²) >= 11 is 4.26. The van der Waals surface area contributed by atoms with Crippen LogP contribution in [0.1, 0.15) is 11.1 Å². The number of anilines is 1. The molecule has 0 bridgehead atoms. The highest BCUT2D eigenvalue weighted by Gasteiger charge is 2.12. The molecule has 1 N–H and O–H groups in total. The zero-order valence-electron chi connectivity index (χ0n) is 17.5. The number of amides is 1. The van der Waals surface area contributed by atoms with E-state index in [0.717, 1.165) is 10.5 Å². The van der Waals surface area contributed by atoms with Gasteiger partial charge in [0.05, 0.1) is 18.1 Å². The Morgan fingerprint density at radius 3 is 2.52 bits per heavy atom. The molecule has 0 heterocycles. The van der Waals surface area contributed by atoms with Crippen LogP contribution in [0.25, 0.3) is 11.1 Å². The number of benzene rings is 4. The molecule has 0 fully saturated rings. The van der Waals surface area contributed by atoms with Crippen molar-refractivity contribution in [3.63, 3.8) is 0 Å². The van der Waals surface area contributed by atoms with Crippen LogP contribution < -0.4 is 10.1 Å². The van der Waals surface area contributed by atoms with Gasteiger partial charge in [0.2, 0.25) is 5.91 Å². The maximum absolute atomic E-state index is 13.9. The second-order valence-electron chi connectivity index (χ2n) is 7.35. The molecule has 0 radical (unpaired) electrons. The minimum Gasteiger partial charge on any atom is -0.457 e. The summed E-state index contributed by atoms with van der Waals surface area (Å²) in [4.78, 5) is 13.4. The lowest BCUT2D eigenvalue weighted by molar-refractivity contribution is -0.115. The zero-order valence-corrected chi connectivity index (χ0v) is 18.4. The van der Waals surface area contributed by atoms with Gasteiger partial charge in [0.25, 0.3) is 0 Å². The van der Waals surface area contributed by atoms with Gasteiger partial charge >= 0.3 is 0 Å². The molecule has 6 heteroatoms. The van der Waals surface area contributed by atoms with E-state index in [-0.39, 0.29) is 18.1 Å². The third-order valence-electron chi connectivity index (χ3n) is 4.89. The van der Waals surface area contributed by atoms with E-state index < -0.39 is 0 Å². The SMILES string of the molecule is N#Cc1cccc(Oc2cc(NC(=O)Cc3ccc(S)cc3)ccc2-c2cccc(F)c2)c1. The van der Waals surface area contributed by atoms with Gasteiger partial charge in [0.15, 0.2) is 0 Å². The summed E-state index contributed by atoms with van der Waals surface area (Å²) in [5.74, 6) is 0.335. The lowest BCUT2D eigenvalue weighted by atomic mass is 10.0. The van der Waals surface area contributed by atoms with Crippen molar-refractivity contribution >= 4 is 24.2 Å². The van der Waals surface area contributed by atoms with E-state index in [1.807, 2.05) is 24.3 Å². The summed E-state index contributed by atoms with van der Waals surface area (Å²) in [5.41, 5.74) is 3.14. The third kappa shape index (κ3) is 5.79. The predicted octanol–water partition coefficient (Wildman–Crippen LogP) is 6.63. The molecule has 0 aliphatic carbocycles. The Hall–Kier alpha value is -4.08. The monoisotopic (exact) mass is 454 g/mol. The number of hydrogen-bond acceptors (Lipinski definition) is 4. The summed E-state index contributed by atoms with van der Waals surface area (Å²) in [6, 6.07) is 27.6. The van der Waals surface area contributed by atoms with Crippen molar-refractivity contribution in [2.24, 2.45) is 0 Å². The van der Waals surface area contributed by atoms with Crippen LogP contribution in [0.15, 0.2) is 95.9 Å². The normalized spacial score (nSPS) is 10.3. The molecule has 0 aliphatic heterocycles.